The zero-order valence-corrected chi connectivity index (χ0v) is 14.2. The summed E-state index contributed by atoms with van der Waals surface area (Å²) in [6, 6.07) is 6.01. The van der Waals surface area contributed by atoms with Crippen LogP contribution >= 0.6 is 34.0 Å². The number of nitrogens with one attached hydrogen (secondary N) is 1. The molecule has 4 aromatic heterocycles. The van der Waals surface area contributed by atoms with Crippen molar-refractivity contribution in [3.8, 4) is 33.5 Å². The summed E-state index contributed by atoms with van der Waals surface area (Å²) in [5, 5.41) is 21.7. The van der Waals surface area contributed by atoms with Gasteiger partial charge in [0.25, 0.3) is 0 Å². The monoisotopic (exact) mass is 357 g/mol. The highest BCUT2D eigenvalue weighted by Crippen LogP contribution is 2.44. The number of aromatic nitrogens is 1. The Balaban J connectivity index is 2.09. The number of carbonyl (C=O) groups is 1. The number of rotatable bonds is 4. The minimum atomic E-state index is -0.941. The molecule has 0 bridgehead atoms. The Kier molecular flexibility index (Phi) is 3.65. The van der Waals surface area contributed by atoms with Crippen LogP contribution in [0.2, 0.25) is 0 Å². The molecule has 0 spiro atoms. The van der Waals surface area contributed by atoms with E-state index in [-0.39, 0.29) is 5.69 Å². The van der Waals surface area contributed by atoms with E-state index in [1.165, 1.54) is 0 Å². The Labute approximate surface area is 144 Å². The van der Waals surface area contributed by atoms with Gasteiger partial charge < -0.3 is 10.1 Å². The third kappa shape index (κ3) is 2.45. The van der Waals surface area contributed by atoms with Crippen molar-refractivity contribution >= 4 is 40.0 Å². The van der Waals surface area contributed by atoms with Gasteiger partial charge in [-0.2, -0.15) is 34.0 Å². The molecule has 0 amide bonds. The second-order valence-electron chi connectivity index (χ2n) is 4.97. The summed E-state index contributed by atoms with van der Waals surface area (Å²) < 4.78 is 0. The van der Waals surface area contributed by atoms with E-state index in [9.17, 15) is 9.90 Å². The normalized spacial score (nSPS) is 11.0. The quantitative estimate of drug-likeness (QED) is 0.478. The van der Waals surface area contributed by atoms with Crippen LogP contribution in [0.1, 0.15) is 10.5 Å². The lowest BCUT2D eigenvalue weighted by Gasteiger charge is -2.04. The third-order valence-electron chi connectivity index (χ3n) is 3.64. The van der Waals surface area contributed by atoms with Crippen molar-refractivity contribution in [2.24, 2.45) is 0 Å². The average Bonchev–Trinajstić information content (AvgIpc) is 3.31. The van der Waals surface area contributed by atoms with Crippen LogP contribution in [0.25, 0.3) is 33.5 Å². The van der Waals surface area contributed by atoms with Crippen molar-refractivity contribution in [1.82, 2.24) is 4.98 Å². The lowest BCUT2D eigenvalue weighted by atomic mass is 9.96. The predicted molar refractivity (Wildman–Crippen MR) is 97.7 cm³/mol. The standard InChI is InChI=1S/C17H11NO2S3/c19-17(20)16-14(11-2-5-22-8-11)13(10-1-4-21-7-10)15(18-16)12-3-6-23-9-12/h1-9,18H,(H,19,20). The first-order chi connectivity index (χ1) is 11.3. The Bertz CT molecular complexity index is 933. The van der Waals surface area contributed by atoms with Crippen LogP contribution in [-0.2, 0) is 0 Å². The molecule has 0 saturated carbocycles. The smallest absolute Gasteiger partial charge is 0.352 e. The highest BCUT2D eigenvalue weighted by atomic mass is 32.1. The number of aromatic amines is 1. The summed E-state index contributed by atoms with van der Waals surface area (Å²) in [5.74, 6) is -0.941. The fourth-order valence-electron chi connectivity index (χ4n) is 2.67. The van der Waals surface area contributed by atoms with Crippen LogP contribution in [0.15, 0.2) is 50.5 Å². The molecule has 0 unspecified atom stereocenters. The van der Waals surface area contributed by atoms with Crippen LogP contribution in [0.4, 0.5) is 0 Å². The van der Waals surface area contributed by atoms with Crippen molar-refractivity contribution in [2.45, 2.75) is 0 Å². The number of thiophene rings is 3. The Hall–Kier alpha value is -2.15. The summed E-state index contributed by atoms with van der Waals surface area (Å²) in [7, 11) is 0. The molecule has 0 aliphatic rings. The SMILES string of the molecule is O=C(O)c1[nH]c(-c2ccsc2)c(-c2ccsc2)c1-c1ccsc1. The van der Waals surface area contributed by atoms with E-state index in [4.69, 9.17) is 0 Å². The van der Waals surface area contributed by atoms with Gasteiger partial charge in [-0.3, -0.25) is 0 Å². The minimum absolute atomic E-state index is 0.241. The first-order valence-corrected chi connectivity index (χ1v) is 9.65. The van der Waals surface area contributed by atoms with Gasteiger partial charge in [-0.05, 0) is 56.2 Å². The number of carboxylic acids is 1. The van der Waals surface area contributed by atoms with E-state index >= 15 is 0 Å². The van der Waals surface area contributed by atoms with Gasteiger partial charge in [0, 0.05) is 22.1 Å². The summed E-state index contributed by atoms with van der Waals surface area (Å²) in [4.78, 5) is 14.9. The maximum atomic E-state index is 11.8. The molecule has 2 N–H and O–H groups in total. The molecule has 4 aromatic rings. The predicted octanol–water partition coefficient (Wildman–Crippen LogP) is 5.90. The first kappa shape index (κ1) is 14.4. The molecule has 23 heavy (non-hydrogen) atoms. The van der Waals surface area contributed by atoms with Crippen LogP contribution in [0.5, 0.6) is 0 Å². The summed E-state index contributed by atoms with van der Waals surface area (Å²) in [5.41, 5.74) is 5.82. The molecule has 0 aromatic carbocycles. The molecule has 3 nitrogen and oxygen atoms in total. The molecule has 4 heterocycles. The number of H-pyrrole nitrogens is 1. The van der Waals surface area contributed by atoms with E-state index in [1.54, 1.807) is 34.0 Å². The van der Waals surface area contributed by atoms with Crippen molar-refractivity contribution < 1.29 is 9.90 Å². The Morgan fingerprint density at radius 2 is 1.35 bits per heavy atom. The molecule has 0 aliphatic heterocycles. The van der Waals surface area contributed by atoms with Gasteiger partial charge in [0.1, 0.15) is 5.69 Å². The fraction of sp³-hybridized carbons (Fsp3) is 0. The van der Waals surface area contributed by atoms with E-state index in [0.717, 1.165) is 33.5 Å². The second-order valence-corrected chi connectivity index (χ2v) is 7.31. The average molecular weight is 357 g/mol. The van der Waals surface area contributed by atoms with Gasteiger partial charge in [0.05, 0.1) is 5.69 Å². The zero-order chi connectivity index (χ0) is 15.8. The Morgan fingerprint density at radius 1 is 0.826 bits per heavy atom. The van der Waals surface area contributed by atoms with E-state index in [0.29, 0.717) is 0 Å². The number of hydrogen-bond donors (Lipinski definition) is 2. The van der Waals surface area contributed by atoms with Gasteiger partial charge in [-0.1, -0.05) is 0 Å². The largest absolute Gasteiger partial charge is 0.477 e. The molecule has 4 rings (SSSR count). The third-order valence-corrected chi connectivity index (χ3v) is 5.69. The number of carboxylic acid groups (broad SMARTS) is 1. The summed E-state index contributed by atoms with van der Waals surface area (Å²) >= 11 is 4.77. The molecule has 0 atom stereocenters. The van der Waals surface area contributed by atoms with Crippen LogP contribution in [0.3, 0.4) is 0 Å². The lowest BCUT2D eigenvalue weighted by molar-refractivity contribution is 0.0692. The Morgan fingerprint density at radius 3 is 1.83 bits per heavy atom. The molecular weight excluding hydrogens is 346 g/mol. The summed E-state index contributed by atoms with van der Waals surface area (Å²) in [6.45, 7) is 0. The zero-order valence-electron chi connectivity index (χ0n) is 11.8. The fourth-order valence-corrected chi connectivity index (χ4v) is 4.61. The van der Waals surface area contributed by atoms with Crippen molar-refractivity contribution in [2.75, 3.05) is 0 Å². The topological polar surface area (TPSA) is 53.1 Å². The second kappa shape index (κ2) is 5.81. The molecule has 6 heteroatoms. The van der Waals surface area contributed by atoms with Gasteiger partial charge in [0.2, 0.25) is 0 Å². The van der Waals surface area contributed by atoms with Gasteiger partial charge in [0.15, 0.2) is 0 Å². The van der Waals surface area contributed by atoms with E-state index < -0.39 is 5.97 Å². The van der Waals surface area contributed by atoms with Gasteiger partial charge >= 0.3 is 5.97 Å². The maximum absolute atomic E-state index is 11.8. The molecule has 0 aliphatic carbocycles. The molecule has 114 valence electrons. The van der Waals surface area contributed by atoms with Crippen LogP contribution in [-0.4, -0.2) is 16.1 Å². The van der Waals surface area contributed by atoms with Crippen LogP contribution < -0.4 is 0 Å². The van der Waals surface area contributed by atoms with Crippen molar-refractivity contribution in [3.05, 3.63) is 56.2 Å². The van der Waals surface area contributed by atoms with Crippen LogP contribution in [0, 0.1) is 0 Å². The molecule has 0 radical (unpaired) electrons. The van der Waals surface area contributed by atoms with Crippen molar-refractivity contribution in [3.63, 3.8) is 0 Å². The van der Waals surface area contributed by atoms with Gasteiger partial charge in [-0.15, -0.1) is 0 Å². The van der Waals surface area contributed by atoms with Crippen molar-refractivity contribution in [1.29, 1.82) is 0 Å². The van der Waals surface area contributed by atoms with Gasteiger partial charge in [-0.25, -0.2) is 4.79 Å². The van der Waals surface area contributed by atoms with E-state index in [2.05, 4.69) is 10.4 Å². The highest BCUT2D eigenvalue weighted by molar-refractivity contribution is 7.08. The minimum Gasteiger partial charge on any atom is -0.477 e. The molecule has 0 saturated heterocycles. The first-order valence-electron chi connectivity index (χ1n) is 6.82. The molecule has 0 fully saturated rings. The maximum Gasteiger partial charge on any atom is 0.352 e. The highest BCUT2D eigenvalue weighted by Gasteiger charge is 2.25. The van der Waals surface area contributed by atoms with E-state index in [1.807, 2.05) is 45.1 Å². The number of aromatic carboxylic acids is 1. The lowest BCUT2D eigenvalue weighted by Crippen LogP contribution is -1.98. The number of hydrogen-bond acceptors (Lipinski definition) is 4. The molecular formula is C17H11NO2S3. The summed E-state index contributed by atoms with van der Waals surface area (Å²) in [6.07, 6.45) is 0.